The second-order valence-electron chi connectivity index (χ2n) is 3.28. The average Bonchev–Trinajstić information content (AvgIpc) is 2.86. The number of carbonyl (C=O) groups is 1. The van der Waals surface area contributed by atoms with E-state index in [-0.39, 0.29) is 6.10 Å². The highest BCUT2D eigenvalue weighted by atomic mass is 16.5. The van der Waals surface area contributed by atoms with Crippen LogP contribution in [0.5, 0.6) is 0 Å². The van der Waals surface area contributed by atoms with Crippen LogP contribution in [0.25, 0.3) is 0 Å². The van der Waals surface area contributed by atoms with E-state index < -0.39 is 0 Å². The van der Waals surface area contributed by atoms with Crippen molar-refractivity contribution < 1.29 is 9.53 Å². The van der Waals surface area contributed by atoms with Gasteiger partial charge >= 0.3 is 0 Å². The van der Waals surface area contributed by atoms with Gasteiger partial charge < -0.3 is 10.5 Å². The molecule has 3 heteroatoms. The molecule has 68 valence electrons. The predicted octanol–water partition coefficient (Wildman–Crippen LogP) is 1.30. The van der Waals surface area contributed by atoms with Gasteiger partial charge in [0.05, 0.1) is 0 Å². The lowest BCUT2D eigenvalue weighted by Crippen LogP contribution is -1.94. The van der Waals surface area contributed by atoms with Crippen LogP contribution in [0.4, 0.5) is 5.69 Å². The number of anilines is 1. The molecule has 13 heavy (non-hydrogen) atoms. The SMILES string of the molecule is Nc1ccc([C@H]2C[C@H]2OC=O)cc1. The lowest BCUT2D eigenvalue weighted by molar-refractivity contribution is -0.129. The molecule has 0 bridgehead atoms. The third kappa shape index (κ3) is 1.64. The molecule has 0 aliphatic heterocycles. The summed E-state index contributed by atoms with van der Waals surface area (Å²) in [7, 11) is 0. The van der Waals surface area contributed by atoms with Gasteiger partial charge in [0.2, 0.25) is 0 Å². The first-order chi connectivity index (χ1) is 6.31. The highest BCUT2D eigenvalue weighted by Gasteiger charge is 2.40. The van der Waals surface area contributed by atoms with Crippen LogP contribution < -0.4 is 5.73 Å². The standard InChI is InChI=1S/C10H11NO2/c11-8-3-1-7(2-4-8)9-5-10(9)13-6-12/h1-4,6,9-10H,5,11H2/t9-,10-/m1/s1. The minimum absolute atomic E-state index is 0.0844. The number of hydrogen-bond donors (Lipinski definition) is 1. The molecule has 0 radical (unpaired) electrons. The molecule has 1 aliphatic carbocycles. The Morgan fingerprint density at radius 1 is 1.38 bits per heavy atom. The second-order valence-corrected chi connectivity index (χ2v) is 3.28. The maximum atomic E-state index is 10.0. The quantitative estimate of drug-likeness (QED) is 0.559. The summed E-state index contributed by atoms with van der Waals surface area (Å²) in [5.41, 5.74) is 7.51. The molecule has 1 aromatic carbocycles. The minimum Gasteiger partial charge on any atom is -0.464 e. The smallest absolute Gasteiger partial charge is 0.293 e. The van der Waals surface area contributed by atoms with Crippen molar-refractivity contribution in [2.24, 2.45) is 0 Å². The molecular weight excluding hydrogens is 166 g/mol. The number of hydrogen-bond acceptors (Lipinski definition) is 3. The Morgan fingerprint density at radius 2 is 2.08 bits per heavy atom. The highest BCUT2D eigenvalue weighted by molar-refractivity contribution is 5.43. The summed E-state index contributed by atoms with van der Waals surface area (Å²) in [6, 6.07) is 7.69. The number of carbonyl (C=O) groups excluding carboxylic acids is 1. The molecule has 0 unspecified atom stereocenters. The Bertz CT molecular complexity index is 307. The van der Waals surface area contributed by atoms with Gasteiger partial charge in [-0.1, -0.05) is 12.1 Å². The molecule has 2 atom stereocenters. The van der Waals surface area contributed by atoms with Crippen LogP contribution in [0.1, 0.15) is 17.9 Å². The molecule has 1 fully saturated rings. The molecule has 0 heterocycles. The Labute approximate surface area is 76.5 Å². The van der Waals surface area contributed by atoms with E-state index in [4.69, 9.17) is 10.5 Å². The molecule has 3 nitrogen and oxygen atoms in total. The summed E-state index contributed by atoms with van der Waals surface area (Å²) in [5.74, 6) is 0.380. The maximum absolute atomic E-state index is 10.0. The van der Waals surface area contributed by atoms with Crippen molar-refractivity contribution in [3.8, 4) is 0 Å². The van der Waals surface area contributed by atoms with Crippen molar-refractivity contribution in [3.63, 3.8) is 0 Å². The van der Waals surface area contributed by atoms with Crippen molar-refractivity contribution in [1.29, 1.82) is 0 Å². The van der Waals surface area contributed by atoms with E-state index >= 15 is 0 Å². The van der Waals surface area contributed by atoms with Crippen LogP contribution >= 0.6 is 0 Å². The summed E-state index contributed by atoms with van der Waals surface area (Å²) in [6.07, 6.45) is 1.02. The maximum Gasteiger partial charge on any atom is 0.293 e. The zero-order valence-electron chi connectivity index (χ0n) is 7.14. The zero-order chi connectivity index (χ0) is 9.26. The topological polar surface area (TPSA) is 52.3 Å². The molecule has 0 saturated heterocycles. The molecule has 0 spiro atoms. The van der Waals surface area contributed by atoms with Crippen molar-refractivity contribution in [2.75, 3.05) is 5.73 Å². The molecule has 1 aromatic rings. The summed E-state index contributed by atoms with van der Waals surface area (Å²) in [4.78, 5) is 10.0. The third-order valence-electron chi connectivity index (χ3n) is 2.33. The first-order valence-corrected chi connectivity index (χ1v) is 4.26. The van der Waals surface area contributed by atoms with E-state index in [1.807, 2.05) is 24.3 Å². The van der Waals surface area contributed by atoms with E-state index in [0.29, 0.717) is 12.4 Å². The number of nitrogens with two attached hydrogens (primary N) is 1. The fraction of sp³-hybridized carbons (Fsp3) is 0.300. The van der Waals surface area contributed by atoms with Crippen molar-refractivity contribution in [1.82, 2.24) is 0 Å². The number of benzene rings is 1. The normalized spacial score (nSPS) is 25.2. The van der Waals surface area contributed by atoms with E-state index in [9.17, 15) is 4.79 Å². The lowest BCUT2D eigenvalue weighted by atomic mass is 10.1. The van der Waals surface area contributed by atoms with Crippen LogP contribution in [0.15, 0.2) is 24.3 Å². The molecule has 2 N–H and O–H groups in total. The minimum atomic E-state index is 0.0844. The summed E-state index contributed by atoms with van der Waals surface area (Å²) in [6.45, 7) is 0.516. The summed E-state index contributed by atoms with van der Waals surface area (Å²) >= 11 is 0. The number of nitrogen functional groups attached to an aromatic ring is 1. The first kappa shape index (κ1) is 8.10. The Morgan fingerprint density at radius 3 is 2.69 bits per heavy atom. The highest BCUT2D eigenvalue weighted by Crippen LogP contribution is 2.42. The first-order valence-electron chi connectivity index (χ1n) is 4.26. The van der Waals surface area contributed by atoms with Gasteiger partial charge in [0.1, 0.15) is 6.10 Å². The molecular formula is C10H11NO2. The molecule has 1 aliphatic rings. The van der Waals surface area contributed by atoms with Crippen LogP contribution in [0.2, 0.25) is 0 Å². The molecule has 0 amide bonds. The lowest BCUT2D eigenvalue weighted by Gasteiger charge is -1.99. The molecule has 1 saturated carbocycles. The number of rotatable bonds is 3. The molecule has 0 aromatic heterocycles. The van der Waals surface area contributed by atoms with Crippen molar-refractivity contribution in [3.05, 3.63) is 29.8 Å². The fourth-order valence-corrected chi connectivity index (χ4v) is 1.49. The van der Waals surface area contributed by atoms with Gasteiger partial charge in [0.15, 0.2) is 0 Å². The monoisotopic (exact) mass is 177 g/mol. The van der Waals surface area contributed by atoms with E-state index in [1.165, 1.54) is 5.56 Å². The van der Waals surface area contributed by atoms with Crippen molar-refractivity contribution in [2.45, 2.75) is 18.4 Å². The van der Waals surface area contributed by atoms with Gasteiger partial charge in [-0.15, -0.1) is 0 Å². The fourth-order valence-electron chi connectivity index (χ4n) is 1.49. The van der Waals surface area contributed by atoms with Crippen LogP contribution in [-0.4, -0.2) is 12.6 Å². The van der Waals surface area contributed by atoms with Gasteiger partial charge in [-0.25, -0.2) is 0 Å². The van der Waals surface area contributed by atoms with E-state index in [1.54, 1.807) is 0 Å². The van der Waals surface area contributed by atoms with Gasteiger partial charge in [-0.3, -0.25) is 4.79 Å². The average molecular weight is 177 g/mol. The zero-order valence-corrected chi connectivity index (χ0v) is 7.14. The van der Waals surface area contributed by atoms with Gasteiger partial charge in [0.25, 0.3) is 6.47 Å². The Hall–Kier alpha value is -1.51. The van der Waals surface area contributed by atoms with E-state index in [0.717, 1.165) is 12.1 Å². The third-order valence-corrected chi connectivity index (χ3v) is 2.33. The van der Waals surface area contributed by atoms with Crippen LogP contribution in [0, 0.1) is 0 Å². The van der Waals surface area contributed by atoms with Crippen LogP contribution in [-0.2, 0) is 9.53 Å². The summed E-state index contributed by atoms with van der Waals surface area (Å²) < 4.78 is 4.84. The number of ether oxygens (including phenoxy) is 1. The van der Waals surface area contributed by atoms with Crippen molar-refractivity contribution >= 4 is 12.2 Å². The van der Waals surface area contributed by atoms with Crippen LogP contribution in [0.3, 0.4) is 0 Å². The van der Waals surface area contributed by atoms with Gasteiger partial charge in [0, 0.05) is 11.6 Å². The predicted molar refractivity (Wildman–Crippen MR) is 49.1 cm³/mol. The van der Waals surface area contributed by atoms with Gasteiger partial charge in [-0.05, 0) is 24.1 Å². The van der Waals surface area contributed by atoms with E-state index in [2.05, 4.69) is 0 Å². The van der Waals surface area contributed by atoms with Gasteiger partial charge in [-0.2, -0.15) is 0 Å². The summed E-state index contributed by atoms with van der Waals surface area (Å²) in [5, 5.41) is 0. The molecule has 2 rings (SSSR count). The Balaban J connectivity index is 2.03. The largest absolute Gasteiger partial charge is 0.464 e. The second kappa shape index (κ2) is 3.09. The Kier molecular flexibility index (Phi) is 1.93.